The van der Waals surface area contributed by atoms with Crippen molar-refractivity contribution in [1.29, 1.82) is 5.26 Å². The second-order valence-electron chi connectivity index (χ2n) is 5.88. The molecule has 0 bridgehead atoms. The second-order valence-corrected chi connectivity index (χ2v) is 5.88. The number of imidazole rings is 1. The van der Waals surface area contributed by atoms with Crippen LogP contribution in [0.2, 0.25) is 0 Å². The molecule has 3 heteroatoms. The lowest BCUT2D eigenvalue weighted by Crippen LogP contribution is -1.98. The quantitative estimate of drug-likeness (QED) is 0.706. The third-order valence-electron chi connectivity index (χ3n) is 4.12. The van der Waals surface area contributed by atoms with E-state index in [2.05, 4.69) is 63.2 Å². The summed E-state index contributed by atoms with van der Waals surface area (Å²) in [5.74, 6) is 0.812. The number of hydrogen-bond donors (Lipinski definition) is 0. The summed E-state index contributed by atoms with van der Waals surface area (Å²) in [6.07, 6.45) is 4.01. The highest BCUT2D eigenvalue weighted by Gasteiger charge is 2.09. The molecule has 0 saturated heterocycles. The van der Waals surface area contributed by atoms with E-state index in [0.29, 0.717) is 6.54 Å². The molecule has 0 fully saturated rings. The Labute approximate surface area is 136 Å². The van der Waals surface area contributed by atoms with Crippen molar-refractivity contribution >= 4 is 23.2 Å². The minimum Gasteiger partial charge on any atom is -0.310 e. The fourth-order valence-electron chi connectivity index (χ4n) is 2.61. The van der Waals surface area contributed by atoms with Crippen LogP contribution >= 0.6 is 0 Å². The minimum absolute atomic E-state index is 0.298. The first-order chi connectivity index (χ1) is 11.1. The maximum Gasteiger partial charge on any atom is 0.134 e. The van der Waals surface area contributed by atoms with Crippen LogP contribution in [-0.2, 0) is 6.54 Å². The van der Waals surface area contributed by atoms with E-state index in [1.54, 1.807) is 0 Å². The lowest BCUT2D eigenvalue weighted by Gasteiger charge is -2.03. The van der Waals surface area contributed by atoms with Gasteiger partial charge in [0.05, 0.1) is 17.1 Å². The first kappa shape index (κ1) is 15.1. The van der Waals surface area contributed by atoms with E-state index in [1.165, 1.54) is 16.7 Å². The molecule has 2 aromatic carbocycles. The standard InChI is InChI=1S/C20H19N3/c1-14-4-6-17(7-5-14)8-9-20-22-18-12-15(2)16(3)13-19(18)23(20)11-10-21/h4-9,12-13H,11H2,1-3H3/b9-8+. The van der Waals surface area contributed by atoms with E-state index in [4.69, 9.17) is 10.2 Å². The number of hydrogen-bond acceptors (Lipinski definition) is 2. The number of nitrogens with zero attached hydrogens (tertiary/aromatic N) is 3. The molecule has 3 nitrogen and oxygen atoms in total. The number of benzene rings is 2. The molecule has 0 amide bonds. The Hall–Kier alpha value is -2.86. The van der Waals surface area contributed by atoms with Crippen LogP contribution in [0.25, 0.3) is 23.2 Å². The monoisotopic (exact) mass is 301 g/mol. The van der Waals surface area contributed by atoms with E-state index < -0.39 is 0 Å². The van der Waals surface area contributed by atoms with Crippen LogP contribution in [0.4, 0.5) is 0 Å². The zero-order valence-electron chi connectivity index (χ0n) is 13.7. The van der Waals surface area contributed by atoms with Crippen molar-refractivity contribution in [3.63, 3.8) is 0 Å². The van der Waals surface area contributed by atoms with E-state index in [9.17, 15) is 0 Å². The van der Waals surface area contributed by atoms with Crippen molar-refractivity contribution < 1.29 is 0 Å². The Bertz CT molecular complexity index is 922. The van der Waals surface area contributed by atoms with E-state index >= 15 is 0 Å². The van der Waals surface area contributed by atoms with Gasteiger partial charge in [-0.25, -0.2) is 4.98 Å². The molecule has 0 aliphatic rings. The summed E-state index contributed by atoms with van der Waals surface area (Å²) in [5, 5.41) is 9.14. The van der Waals surface area contributed by atoms with Gasteiger partial charge in [-0.1, -0.05) is 35.9 Å². The smallest absolute Gasteiger partial charge is 0.134 e. The predicted molar refractivity (Wildman–Crippen MR) is 94.9 cm³/mol. The topological polar surface area (TPSA) is 41.6 Å². The van der Waals surface area contributed by atoms with Gasteiger partial charge in [0.15, 0.2) is 0 Å². The molecular formula is C20H19N3. The Morgan fingerprint density at radius 3 is 2.43 bits per heavy atom. The summed E-state index contributed by atoms with van der Waals surface area (Å²) in [4.78, 5) is 4.69. The van der Waals surface area contributed by atoms with Gasteiger partial charge in [-0.15, -0.1) is 0 Å². The lowest BCUT2D eigenvalue weighted by atomic mass is 10.1. The molecule has 23 heavy (non-hydrogen) atoms. The van der Waals surface area contributed by atoms with Gasteiger partial charge in [0.2, 0.25) is 0 Å². The van der Waals surface area contributed by atoms with Gasteiger partial charge in [-0.3, -0.25) is 0 Å². The molecule has 114 valence electrons. The number of aromatic nitrogens is 2. The number of fused-ring (bicyclic) bond motifs is 1. The molecule has 0 unspecified atom stereocenters. The van der Waals surface area contributed by atoms with Crippen molar-refractivity contribution in [1.82, 2.24) is 9.55 Å². The molecule has 0 aliphatic carbocycles. The van der Waals surface area contributed by atoms with Crippen molar-refractivity contribution in [2.24, 2.45) is 0 Å². The molecule has 0 aliphatic heterocycles. The highest BCUT2D eigenvalue weighted by atomic mass is 15.1. The van der Waals surface area contributed by atoms with Gasteiger partial charge < -0.3 is 4.57 Å². The Morgan fingerprint density at radius 1 is 1.04 bits per heavy atom. The molecule has 3 aromatic rings. The fourth-order valence-corrected chi connectivity index (χ4v) is 2.61. The normalized spacial score (nSPS) is 11.2. The third-order valence-corrected chi connectivity index (χ3v) is 4.12. The van der Waals surface area contributed by atoms with Crippen molar-refractivity contribution in [2.45, 2.75) is 27.3 Å². The lowest BCUT2D eigenvalue weighted by molar-refractivity contribution is 0.847. The van der Waals surface area contributed by atoms with E-state index in [0.717, 1.165) is 22.4 Å². The summed E-state index contributed by atoms with van der Waals surface area (Å²) < 4.78 is 1.96. The zero-order chi connectivity index (χ0) is 16.4. The molecule has 1 aromatic heterocycles. The summed E-state index contributed by atoms with van der Waals surface area (Å²) in [7, 11) is 0. The number of aryl methyl sites for hydroxylation is 3. The predicted octanol–water partition coefficient (Wildman–Crippen LogP) is 4.66. The fraction of sp³-hybridized carbons (Fsp3) is 0.200. The van der Waals surface area contributed by atoms with Crippen LogP contribution in [0.1, 0.15) is 28.1 Å². The number of nitriles is 1. The minimum atomic E-state index is 0.298. The van der Waals surface area contributed by atoms with E-state index in [-0.39, 0.29) is 0 Å². The van der Waals surface area contributed by atoms with Gasteiger partial charge in [0.25, 0.3) is 0 Å². The first-order valence-corrected chi connectivity index (χ1v) is 7.67. The van der Waals surface area contributed by atoms with Crippen LogP contribution in [0, 0.1) is 32.1 Å². The van der Waals surface area contributed by atoms with Crippen LogP contribution in [0.5, 0.6) is 0 Å². The summed E-state index contributed by atoms with van der Waals surface area (Å²) >= 11 is 0. The van der Waals surface area contributed by atoms with Crippen molar-refractivity contribution in [3.8, 4) is 6.07 Å². The molecule has 3 rings (SSSR count). The average molecular weight is 301 g/mol. The van der Waals surface area contributed by atoms with Crippen LogP contribution in [-0.4, -0.2) is 9.55 Å². The zero-order valence-corrected chi connectivity index (χ0v) is 13.7. The molecular weight excluding hydrogens is 282 g/mol. The molecule has 0 radical (unpaired) electrons. The van der Waals surface area contributed by atoms with Crippen LogP contribution in [0.3, 0.4) is 0 Å². The van der Waals surface area contributed by atoms with Crippen molar-refractivity contribution in [2.75, 3.05) is 0 Å². The van der Waals surface area contributed by atoms with E-state index in [1.807, 2.05) is 16.7 Å². The Morgan fingerprint density at radius 2 is 1.74 bits per heavy atom. The largest absolute Gasteiger partial charge is 0.310 e. The van der Waals surface area contributed by atoms with Crippen molar-refractivity contribution in [3.05, 3.63) is 64.5 Å². The van der Waals surface area contributed by atoms with Crippen LogP contribution < -0.4 is 0 Å². The van der Waals surface area contributed by atoms with Gasteiger partial charge >= 0.3 is 0 Å². The summed E-state index contributed by atoms with van der Waals surface area (Å²) in [5.41, 5.74) is 6.74. The molecule has 0 spiro atoms. The Kier molecular flexibility index (Phi) is 3.99. The highest BCUT2D eigenvalue weighted by molar-refractivity contribution is 5.81. The van der Waals surface area contributed by atoms with Gasteiger partial charge in [0.1, 0.15) is 12.4 Å². The molecule has 0 saturated carbocycles. The second kappa shape index (κ2) is 6.10. The molecule has 0 atom stereocenters. The SMILES string of the molecule is Cc1ccc(/C=C/c2nc3cc(C)c(C)cc3n2CC#N)cc1. The van der Waals surface area contributed by atoms with Gasteiger partial charge in [-0.2, -0.15) is 5.26 Å². The Balaban J connectivity index is 2.07. The van der Waals surface area contributed by atoms with Gasteiger partial charge in [0, 0.05) is 0 Å². The van der Waals surface area contributed by atoms with Gasteiger partial charge in [-0.05, 0) is 55.7 Å². The molecule has 1 heterocycles. The first-order valence-electron chi connectivity index (χ1n) is 7.67. The number of rotatable bonds is 3. The maximum atomic E-state index is 9.14. The average Bonchev–Trinajstić information content (AvgIpc) is 2.85. The summed E-state index contributed by atoms with van der Waals surface area (Å²) in [6, 6.07) is 14.8. The molecule has 0 N–H and O–H groups in total. The third kappa shape index (κ3) is 3.02. The van der Waals surface area contributed by atoms with Crippen LogP contribution in [0.15, 0.2) is 36.4 Å². The summed E-state index contributed by atoms with van der Waals surface area (Å²) in [6.45, 7) is 6.54. The maximum absolute atomic E-state index is 9.14. The highest BCUT2D eigenvalue weighted by Crippen LogP contribution is 2.22.